The molecule has 2 N–H and O–H groups in total. The second-order valence-electron chi connectivity index (χ2n) is 5.60. The number of urea groups is 1. The molecule has 2 atom stereocenters. The zero-order valence-electron chi connectivity index (χ0n) is 12.4. The Morgan fingerprint density at radius 3 is 3.00 bits per heavy atom. The number of fused-ring (bicyclic) bond motifs is 1. The lowest BCUT2D eigenvalue weighted by Crippen LogP contribution is -2.40. The van der Waals surface area contributed by atoms with Crippen LogP contribution in [0.25, 0.3) is 0 Å². The molecule has 4 nitrogen and oxygen atoms in total. The maximum Gasteiger partial charge on any atom is 0.315 e. The Morgan fingerprint density at radius 2 is 2.18 bits per heavy atom. The van der Waals surface area contributed by atoms with Crippen LogP contribution in [0.5, 0.6) is 0 Å². The predicted octanol–water partition coefficient (Wildman–Crippen LogP) is 4.37. The minimum absolute atomic E-state index is 0.0148. The third-order valence-electron chi connectivity index (χ3n) is 4.08. The van der Waals surface area contributed by atoms with Crippen molar-refractivity contribution in [2.24, 2.45) is 0 Å². The van der Waals surface area contributed by atoms with Crippen molar-refractivity contribution in [3.05, 3.63) is 58.5 Å². The van der Waals surface area contributed by atoms with Gasteiger partial charge in [0.2, 0.25) is 0 Å². The molecule has 22 heavy (non-hydrogen) atoms. The normalized spacial score (nSPS) is 18.4. The van der Waals surface area contributed by atoms with E-state index in [-0.39, 0.29) is 18.1 Å². The fourth-order valence-corrected chi connectivity index (χ4v) is 3.24. The van der Waals surface area contributed by atoms with Gasteiger partial charge < -0.3 is 15.1 Å². The fraction of sp³-hybridized carbons (Fsp3) is 0.353. The highest BCUT2D eigenvalue weighted by atomic mass is 35.5. The summed E-state index contributed by atoms with van der Waals surface area (Å²) in [4.78, 5) is 12.2. The van der Waals surface area contributed by atoms with Crippen LogP contribution in [0.4, 0.5) is 4.79 Å². The number of rotatable bonds is 3. The topological polar surface area (TPSA) is 54.3 Å². The summed E-state index contributed by atoms with van der Waals surface area (Å²) >= 11 is 6.16. The zero-order chi connectivity index (χ0) is 15.5. The van der Waals surface area contributed by atoms with Crippen molar-refractivity contribution in [3.8, 4) is 0 Å². The van der Waals surface area contributed by atoms with Gasteiger partial charge in [0.15, 0.2) is 0 Å². The molecule has 1 aromatic carbocycles. The molecule has 2 aromatic rings. The molecule has 1 aromatic heterocycles. The third-order valence-corrected chi connectivity index (χ3v) is 4.42. The molecule has 2 amide bonds. The van der Waals surface area contributed by atoms with Gasteiger partial charge >= 0.3 is 6.03 Å². The van der Waals surface area contributed by atoms with Crippen LogP contribution in [-0.2, 0) is 6.42 Å². The summed E-state index contributed by atoms with van der Waals surface area (Å²) in [6.45, 7) is 1.92. The maximum atomic E-state index is 12.2. The van der Waals surface area contributed by atoms with Gasteiger partial charge in [0.1, 0.15) is 5.76 Å². The van der Waals surface area contributed by atoms with Crippen molar-refractivity contribution in [3.63, 3.8) is 0 Å². The number of hydrogen-bond acceptors (Lipinski definition) is 2. The van der Waals surface area contributed by atoms with E-state index in [1.54, 1.807) is 6.26 Å². The zero-order valence-corrected chi connectivity index (χ0v) is 13.2. The van der Waals surface area contributed by atoms with E-state index in [9.17, 15) is 4.79 Å². The molecule has 0 spiro atoms. The standard InChI is InChI=1S/C17H19ClN2O2/c1-11(12-5-2-3-6-14(12)18)19-17(21)20-15-7-4-8-16-13(15)9-10-22-16/h2-3,5-6,9-11,15H,4,7-8H2,1H3,(H2,19,20,21)/t11-,15-/m0/s1. The minimum Gasteiger partial charge on any atom is -0.469 e. The highest BCUT2D eigenvalue weighted by Gasteiger charge is 2.24. The molecule has 0 radical (unpaired) electrons. The summed E-state index contributed by atoms with van der Waals surface area (Å²) in [7, 11) is 0. The number of furan rings is 1. The molecule has 116 valence electrons. The van der Waals surface area contributed by atoms with E-state index >= 15 is 0 Å². The van der Waals surface area contributed by atoms with Gasteiger partial charge in [-0.25, -0.2) is 4.79 Å². The summed E-state index contributed by atoms with van der Waals surface area (Å²) in [6, 6.07) is 9.15. The quantitative estimate of drug-likeness (QED) is 0.882. The molecule has 0 fully saturated rings. The SMILES string of the molecule is C[C@H](NC(=O)N[C@H]1CCCc2occc21)c1ccccc1Cl. The Bertz CT molecular complexity index is 668. The van der Waals surface area contributed by atoms with Gasteiger partial charge in [-0.15, -0.1) is 0 Å². The van der Waals surface area contributed by atoms with Gasteiger partial charge in [-0.1, -0.05) is 29.8 Å². The van der Waals surface area contributed by atoms with Crippen molar-refractivity contribution in [1.29, 1.82) is 0 Å². The first-order valence-corrected chi connectivity index (χ1v) is 7.90. The Balaban J connectivity index is 1.63. The monoisotopic (exact) mass is 318 g/mol. The lowest BCUT2D eigenvalue weighted by atomic mass is 9.93. The largest absolute Gasteiger partial charge is 0.469 e. The van der Waals surface area contributed by atoms with Crippen LogP contribution in [0.2, 0.25) is 5.02 Å². The van der Waals surface area contributed by atoms with Gasteiger partial charge in [0.05, 0.1) is 18.3 Å². The van der Waals surface area contributed by atoms with E-state index < -0.39 is 0 Å². The summed E-state index contributed by atoms with van der Waals surface area (Å²) in [5.74, 6) is 0.982. The Morgan fingerprint density at radius 1 is 1.36 bits per heavy atom. The number of nitrogens with one attached hydrogen (secondary N) is 2. The Kier molecular flexibility index (Phi) is 4.39. The average Bonchev–Trinajstić information content (AvgIpc) is 2.97. The molecule has 0 saturated heterocycles. The molecule has 1 heterocycles. The van der Waals surface area contributed by atoms with Gasteiger partial charge in [0.25, 0.3) is 0 Å². The van der Waals surface area contributed by atoms with Crippen LogP contribution in [0.15, 0.2) is 41.0 Å². The van der Waals surface area contributed by atoms with Gasteiger partial charge in [-0.2, -0.15) is 0 Å². The molecule has 0 aliphatic heterocycles. The first-order chi connectivity index (χ1) is 10.6. The van der Waals surface area contributed by atoms with Crippen LogP contribution in [0.3, 0.4) is 0 Å². The van der Waals surface area contributed by atoms with Crippen LogP contribution in [0, 0.1) is 0 Å². The summed E-state index contributed by atoms with van der Waals surface area (Å²) in [5.41, 5.74) is 2.00. The van der Waals surface area contributed by atoms with Gasteiger partial charge in [-0.3, -0.25) is 0 Å². The summed E-state index contributed by atoms with van der Waals surface area (Å²) < 4.78 is 5.44. The smallest absolute Gasteiger partial charge is 0.315 e. The average molecular weight is 319 g/mol. The highest BCUT2D eigenvalue weighted by Crippen LogP contribution is 2.30. The summed E-state index contributed by atoms with van der Waals surface area (Å²) in [6.07, 6.45) is 4.58. The molecule has 0 unspecified atom stereocenters. The highest BCUT2D eigenvalue weighted by molar-refractivity contribution is 6.31. The number of carbonyl (C=O) groups is 1. The third kappa shape index (κ3) is 3.12. The Labute approximate surface area is 134 Å². The van der Waals surface area contributed by atoms with E-state index in [4.69, 9.17) is 16.0 Å². The van der Waals surface area contributed by atoms with Gasteiger partial charge in [-0.05, 0) is 37.5 Å². The number of carbonyl (C=O) groups excluding carboxylic acids is 1. The second-order valence-corrected chi connectivity index (χ2v) is 6.01. The number of benzene rings is 1. The molecule has 3 rings (SSSR count). The lowest BCUT2D eigenvalue weighted by Gasteiger charge is -2.24. The molecule has 1 aliphatic carbocycles. The molecule has 0 bridgehead atoms. The predicted molar refractivity (Wildman–Crippen MR) is 85.9 cm³/mol. The summed E-state index contributed by atoms with van der Waals surface area (Å²) in [5, 5.41) is 6.63. The first-order valence-electron chi connectivity index (χ1n) is 7.53. The molecule has 1 aliphatic rings. The lowest BCUT2D eigenvalue weighted by molar-refractivity contribution is 0.232. The molecule has 0 saturated carbocycles. The second kappa shape index (κ2) is 6.44. The van der Waals surface area contributed by atoms with Crippen LogP contribution in [-0.4, -0.2) is 6.03 Å². The molecule has 5 heteroatoms. The molecular formula is C17H19ClN2O2. The number of halogens is 1. The van der Waals surface area contributed by atoms with Crippen LogP contribution >= 0.6 is 11.6 Å². The van der Waals surface area contributed by atoms with Crippen molar-refractivity contribution < 1.29 is 9.21 Å². The van der Waals surface area contributed by atoms with Crippen molar-refractivity contribution in [2.75, 3.05) is 0 Å². The fourth-order valence-electron chi connectivity index (χ4n) is 2.94. The van der Waals surface area contributed by atoms with E-state index in [2.05, 4.69) is 10.6 Å². The van der Waals surface area contributed by atoms with E-state index in [1.807, 2.05) is 37.3 Å². The molecular weight excluding hydrogens is 300 g/mol. The van der Waals surface area contributed by atoms with Crippen LogP contribution in [0.1, 0.15) is 48.7 Å². The number of hydrogen-bond donors (Lipinski definition) is 2. The van der Waals surface area contributed by atoms with E-state index in [0.29, 0.717) is 5.02 Å². The maximum absolute atomic E-state index is 12.2. The Hall–Kier alpha value is -1.94. The van der Waals surface area contributed by atoms with Crippen molar-refractivity contribution >= 4 is 17.6 Å². The number of aryl methyl sites for hydroxylation is 1. The van der Waals surface area contributed by atoms with Crippen LogP contribution < -0.4 is 10.6 Å². The van der Waals surface area contributed by atoms with Gasteiger partial charge in [0, 0.05) is 17.0 Å². The van der Waals surface area contributed by atoms with Crippen molar-refractivity contribution in [1.82, 2.24) is 10.6 Å². The van der Waals surface area contributed by atoms with E-state index in [1.165, 1.54) is 0 Å². The first kappa shape index (κ1) is 15.0. The van der Waals surface area contributed by atoms with Crippen molar-refractivity contribution in [2.45, 2.75) is 38.3 Å². The minimum atomic E-state index is -0.188. The number of amides is 2. The van der Waals surface area contributed by atoms with E-state index in [0.717, 1.165) is 36.1 Å².